The lowest BCUT2D eigenvalue weighted by Gasteiger charge is -2.01. The summed E-state index contributed by atoms with van der Waals surface area (Å²) in [5.41, 5.74) is 0. The van der Waals surface area contributed by atoms with Crippen LogP contribution in [-0.4, -0.2) is 17.4 Å². The van der Waals surface area contributed by atoms with Crippen molar-refractivity contribution in [3.8, 4) is 0 Å². The molecule has 0 aliphatic carbocycles. The molecule has 6 heavy (non-hydrogen) atoms. The molecule has 0 rings (SSSR count). The van der Waals surface area contributed by atoms with E-state index in [9.17, 15) is 4.55 Å². The summed E-state index contributed by atoms with van der Waals surface area (Å²) in [5.74, 6) is 0.441. The van der Waals surface area contributed by atoms with E-state index in [-0.39, 0.29) is 0 Å². The van der Waals surface area contributed by atoms with Crippen molar-refractivity contribution in [3.05, 3.63) is 6.92 Å². The molecule has 1 radical (unpaired) electrons. The van der Waals surface area contributed by atoms with Crippen LogP contribution >= 0.6 is 0 Å². The number of nitrogens with one attached hydrogen (secondary N) is 1. The zero-order valence-electron chi connectivity index (χ0n) is 3.73. The molecule has 0 amide bonds. The van der Waals surface area contributed by atoms with Gasteiger partial charge in [-0.2, -0.15) is 0 Å². The van der Waals surface area contributed by atoms with E-state index >= 15 is 0 Å². The van der Waals surface area contributed by atoms with Gasteiger partial charge in [-0.25, -0.2) is 0 Å². The van der Waals surface area contributed by atoms with E-state index in [4.69, 9.17) is 0 Å². The van der Waals surface area contributed by atoms with Crippen LogP contribution in [0.15, 0.2) is 0 Å². The predicted octanol–water partition coefficient (Wildman–Crippen LogP) is -0.296. The second-order valence-corrected chi connectivity index (χ2v) is 2.26. The zero-order valence-corrected chi connectivity index (χ0v) is 4.55. The fourth-order valence-corrected chi connectivity index (χ4v) is 0.306. The van der Waals surface area contributed by atoms with Crippen molar-refractivity contribution in [2.45, 2.75) is 0 Å². The maximum absolute atomic E-state index is 10.1. The lowest BCUT2D eigenvalue weighted by Crippen LogP contribution is -2.20. The highest BCUT2D eigenvalue weighted by atomic mass is 32.2. The average Bonchev–Trinajstić information content (AvgIpc) is 1.65. The fourth-order valence-electron chi connectivity index (χ4n) is 0.102. The van der Waals surface area contributed by atoms with Gasteiger partial charge in [0.15, 0.2) is 0 Å². The molecular formula is C3H8NOS. The highest BCUT2D eigenvalue weighted by Crippen LogP contribution is 1.74. The van der Waals surface area contributed by atoms with Crippen LogP contribution in [0, 0.1) is 6.92 Å². The zero-order chi connectivity index (χ0) is 4.99. The van der Waals surface area contributed by atoms with E-state index in [1.54, 1.807) is 7.05 Å². The lowest BCUT2D eigenvalue weighted by molar-refractivity contribution is 0.590. The standard InChI is InChI=1S/C3H8NOS/c1-3-6(5)4-2/h4H,1,3H2,2H3. The van der Waals surface area contributed by atoms with Crippen molar-refractivity contribution in [2.75, 3.05) is 12.8 Å². The van der Waals surface area contributed by atoms with Gasteiger partial charge in [-0.15, -0.1) is 4.72 Å². The third-order valence-corrected chi connectivity index (χ3v) is 1.24. The van der Waals surface area contributed by atoms with Crippen LogP contribution < -0.4 is 4.72 Å². The molecule has 37 valence electrons. The molecule has 0 aromatic rings. The topological polar surface area (TPSA) is 35.1 Å². The van der Waals surface area contributed by atoms with Crippen LogP contribution in [0.3, 0.4) is 0 Å². The summed E-state index contributed by atoms with van der Waals surface area (Å²) >= 11 is -0.895. The first-order valence-electron chi connectivity index (χ1n) is 1.66. The van der Waals surface area contributed by atoms with Gasteiger partial charge in [-0.05, 0) is 6.92 Å². The summed E-state index contributed by atoms with van der Waals surface area (Å²) < 4.78 is 12.6. The van der Waals surface area contributed by atoms with Gasteiger partial charge in [-0.1, -0.05) is 0 Å². The molecule has 1 unspecified atom stereocenters. The first-order chi connectivity index (χ1) is 2.81. The molecule has 0 saturated heterocycles. The van der Waals surface area contributed by atoms with E-state index in [2.05, 4.69) is 11.6 Å². The predicted molar refractivity (Wildman–Crippen MR) is 27.4 cm³/mol. The van der Waals surface area contributed by atoms with E-state index in [0.29, 0.717) is 5.75 Å². The van der Waals surface area contributed by atoms with Gasteiger partial charge in [0.05, 0.1) is 0 Å². The molecule has 0 aliphatic heterocycles. The molecule has 0 aromatic carbocycles. The van der Waals surface area contributed by atoms with Crippen molar-refractivity contribution < 1.29 is 4.55 Å². The quantitative estimate of drug-likeness (QED) is 0.491. The highest BCUT2D eigenvalue weighted by Gasteiger charge is 1.90. The van der Waals surface area contributed by atoms with E-state index in [1.807, 2.05) is 0 Å². The molecule has 0 spiro atoms. The van der Waals surface area contributed by atoms with Crippen LogP contribution in [0.5, 0.6) is 0 Å². The second kappa shape index (κ2) is 3.46. The molecular weight excluding hydrogens is 98.1 g/mol. The minimum atomic E-state index is -0.895. The first-order valence-corrected chi connectivity index (χ1v) is 2.98. The minimum absolute atomic E-state index is 0.441. The molecule has 0 fully saturated rings. The average molecular weight is 106 g/mol. The van der Waals surface area contributed by atoms with Gasteiger partial charge < -0.3 is 4.55 Å². The van der Waals surface area contributed by atoms with Crippen molar-refractivity contribution in [3.63, 3.8) is 0 Å². The summed E-state index contributed by atoms with van der Waals surface area (Å²) in [4.78, 5) is 0. The molecule has 0 saturated carbocycles. The summed E-state index contributed by atoms with van der Waals surface area (Å²) in [5, 5.41) is 0. The van der Waals surface area contributed by atoms with Gasteiger partial charge >= 0.3 is 0 Å². The van der Waals surface area contributed by atoms with Crippen molar-refractivity contribution in [1.29, 1.82) is 0 Å². The van der Waals surface area contributed by atoms with E-state index in [0.717, 1.165) is 0 Å². The van der Waals surface area contributed by atoms with Crippen molar-refractivity contribution >= 4 is 11.4 Å². The molecule has 0 aliphatic rings. The van der Waals surface area contributed by atoms with E-state index in [1.165, 1.54) is 0 Å². The normalized spacial score (nSPS) is 14.5. The Labute approximate surface area is 41.2 Å². The smallest absolute Gasteiger partial charge is 0.125 e. The Kier molecular flexibility index (Phi) is 3.62. The third-order valence-electron chi connectivity index (χ3n) is 0.413. The maximum atomic E-state index is 10.1. The Morgan fingerprint density at radius 1 is 2.00 bits per heavy atom. The fraction of sp³-hybridized carbons (Fsp3) is 0.667. The highest BCUT2D eigenvalue weighted by molar-refractivity contribution is 7.89. The Morgan fingerprint density at radius 2 is 2.50 bits per heavy atom. The summed E-state index contributed by atoms with van der Waals surface area (Å²) in [6.45, 7) is 3.39. The summed E-state index contributed by atoms with van der Waals surface area (Å²) in [6, 6.07) is 0. The number of hydrogen-bond donors (Lipinski definition) is 1. The molecule has 2 nitrogen and oxygen atoms in total. The Bertz CT molecular complexity index is 30.0. The van der Waals surface area contributed by atoms with Gasteiger partial charge in [0, 0.05) is 18.4 Å². The lowest BCUT2D eigenvalue weighted by atomic mass is 11.0. The molecule has 0 bridgehead atoms. The van der Waals surface area contributed by atoms with Crippen LogP contribution in [0.2, 0.25) is 0 Å². The molecule has 3 heteroatoms. The second-order valence-electron chi connectivity index (χ2n) is 0.754. The molecule has 1 atom stereocenters. The van der Waals surface area contributed by atoms with Gasteiger partial charge in [0.25, 0.3) is 0 Å². The van der Waals surface area contributed by atoms with Crippen LogP contribution in [0.1, 0.15) is 0 Å². The number of rotatable bonds is 2. The van der Waals surface area contributed by atoms with Crippen molar-refractivity contribution in [2.24, 2.45) is 0 Å². The third kappa shape index (κ3) is 2.50. The molecule has 0 aromatic heterocycles. The van der Waals surface area contributed by atoms with Crippen molar-refractivity contribution in [1.82, 2.24) is 4.72 Å². The SMILES string of the molecule is [CH2]C[S+]([O-])NC. The van der Waals surface area contributed by atoms with E-state index < -0.39 is 11.4 Å². The van der Waals surface area contributed by atoms with Crippen LogP contribution in [0.4, 0.5) is 0 Å². The maximum Gasteiger partial charge on any atom is 0.125 e. The monoisotopic (exact) mass is 106 g/mol. The summed E-state index contributed by atoms with van der Waals surface area (Å²) in [7, 11) is 1.64. The van der Waals surface area contributed by atoms with Gasteiger partial charge in [0.2, 0.25) is 0 Å². The summed E-state index contributed by atoms with van der Waals surface area (Å²) in [6.07, 6.45) is 0. The Morgan fingerprint density at radius 3 is 2.50 bits per heavy atom. The molecule has 0 heterocycles. The van der Waals surface area contributed by atoms with Gasteiger partial charge in [0.1, 0.15) is 5.75 Å². The molecule has 1 N–H and O–H groups in total. The van der Waals surface area contributed by atoms with Crippen LogP contribution in [0.25, 0.3) is 0 Å². The Balaban J connectivity index is 2.75. The largest absolute Gasteiger partial charge is 0.598 e. The number of hydrogen-bond acceptors (Lipinski definition) is 2. The minimum Gasteiger partial charge on any atom is -0.598 e. The first kappa shape index (κ1) is 6.27. The van der Waals surface area contributed by atoms with Crippen LogP contribution in [-0.2, 0) is 11.4 Å². The van der Waals surface area contributed by atoms with Gasteiger partial charge in [-0.3, -0.25) is 0 Å². The Hall–Kier alpha value is 0.270.